The van der Waals surface area contributed by atoms with Crippen LogP contribution in [-0.4, -0.2) is 5.11 Å². The molecule has 2 aromatic carbocycles. The van der Waals surface area contributed by atoms with Crippen molar-refractivity contribution in [2.45, 2.75) is 6.10 Å². The molecule has 2 aromatic rings. The fourth-order valence-corrected chi connectivity index (χ4v) is 2.45. The first kappa shape index (κ1) is 14.6. The zero-order valence-corrected chi connectivity index (χ0v) is 12.2. The lowest BCUT2D eigenvalue weighted by Gasteiger charge is -2.15. The van der Waals surface area contributed by atoms with Crippen molar-refractivity contribution in [3.8, 4) is 0 Å². The van der Waals surface area contributed by atoms with Crippen molar-refractivity contribution < 1.29 is 18.3 Å². The van der Waals surface area contributed by atoms with Crippen molar-refractivity contribution in [3.63, 3.8) is 0 Å². The first-order valence-corrected chi connectivity index (χ1v) is 6.64. The number of rotatable bonds is 2. The fraction of sp³-hybridized carbons (Fsp3) is 0.0769. The minimum absolute atomic E-state index is 0.331. The van der Waals surface area contributed by atoms with Crippen molar-refractivity contribution in [1.82, 2.24) is 0 Å². The van der Waals surface area contributed by atoms with E-state index in [9.17, 15) is 18.3 Å². The third-order valence-electron chi connectivity index (χ3n) is 2.61. The van der Waals surface area contributed by atoms with Crippen LogP contribution >= 0.6 is 34.2 Å². The van der Waals surface area contributed by atoms with Gasteiger partial charge in [0.1, 0.15) is 6.10 Å². The second kappa shape index (κ2) is 5.68. The van der Waals surface area contributed by atoms with E-state index < -0.39 is 23.6 Å². The van der Waals surface area contributed by atoms with Gasteiger partial charge in [0.05, 0.1) is 0 Å². The average molecular weight is 399 g/mol. The van der Waals surface area contributed by atoms with Crippen molar-refractivity contribution in [1.29, 1.82) is 0 Å². The van der Waals surface area contributed by atoms with E-state index in [1.54, 1.807) is 12.1 Å². The molecule has 0 aromatic heterocycles. The molecule has 6 heteroatoms. The Bertz CT molecular complexity index is 634. The van der Waals surface area contributed by atoms with E-state index in [1.807, 2.05) is 22.6 Å². The van der Waals surface area contributed by atoms with Gasteiger partial charge in [-0.3, -0.25) is 0 Å². The van der Waals surface area contributed by atoms with E-state index in [2.05, 4.69) is 0 Å². The molecule has 0 bridgehead atoms. The van der Waals surface area contributed by atoms with E-state index in [0.29, 0.717) is 14.2 Å². The molecule has 0 saturated carbocycles. The zero-order chi connectivity index (χ0) is 14.2. The van der Waals surface area contributed by atoms with E-state index in [4.69, 9.17) is 11.6 Å². The quantitative estimate of drug-likeness (QED) is 0.586. The molecule has 1 atom stereocenters. The highest BCUT2D eigenvalue weighted by Gasteiger charge is 2.22. The highest BCUT2D eigenvalue weighted by atomic mass is 127. The Morgan fingerprint density at radius 2 is 1.68 bits per heavy atom. The molecule has 0 aliphatic carbocycles. The molecule has 1 N–H and O–H groups in total. The monoisotopic (exact) mass is 398 g/mol. The van der Waals surface area contributed by atoms with Crippen LogP contribution in [0.1, 0.15) is 17.2 Å². The molecule has 0 fully saturated rings. The summed E-state index contributed by atoms with van der Waals surface area (Å²) in [6.07, 6.45) is -1.42. The molecular formula is C13H7ClF3IO. The van der Waals surface area contributed by atoms with Gasteiger partial charge in [-0.25, -0.2) is 13.2 Å². The summed E-state index contributed by atoms with van der Waals surface area (Å²) in [5, 5.41) is 10.5. The van der Waals surface area contributed by atoms with E-state index in [-0.39, 0.29) is 5.56 Å². The molecule has 0 radical (unpaired) electrons. The predicted molar refractivity (Wildman–Crippen MR) is 74.5 cm³/mol. The number of aliphatic hydroxyl groups excluding tert-OH is 1. The number of benzene rings is 2. The minimum atomic E-state index is -1.60. The molecule has 1 unspecified atom stereocenters. The summed E-state index contributed by atoms with van der Waals surface area (Å²) >= 11 is 7.74. The molecule has 2 rings (SSSR count). The Hall–Kier alpha value is -0.790. The summed E-state index contributed by atoms with van der Waals surface area (Å²) in [5.41, 5.74) is -0.00269. The van der Waals surface area contributed by atoms with Crippen LogP contribution in [0.15, 0.2) is 30.3 Å². The second-order valence-corrected chi connectivity index (χ2v) is 5.43. The number of aliphatic hydroxyl groups is 1. The van der Waals surface area contributed by atoms with Crippen molar-refractivity contribution >= 4 is 34.2 Å². The lowest BCUT2D eigenvalue weighted by atomic mass is 10.0. The zero-order valence-electron chi connectivity index (χ0n) is 9.30. The summed E-state index contributed by atoms with van der Waals surface area (Å²) < 4.78 is 40.3. The molecule has 0 aliphatic heterocycles. The summed E-state index contributed by atoms with van der Waals surface area (Å²) in [6, 6.07) is 6.48. The molecule has 0 amide bonds. The van der Waals surface area contributed by atoms with E-state index in [0.717, 1.165) is 12.1 Å². The standard InChI is InChI=1S/C13H7ClF3IO/c14-6-1-4-10(18)8(5-6)13(19)7-2-3-9(15)12(17)11(7)16/h1-5,13,19H. The third-order valence-corrected chi connectivity index (χ3v) is 3.83. The topological polar surface area (TPSA) is 20.2 Å². The third kappa shape index (κ3) is 2.88. The lowest BCUT2D eigenvalue weighted by molar-refractivity contribution is 0.211. The van der Waals surface area contributed by atoms with E-state index in [1.165, 1.54) is 6.07 Å². The number of hydrogen-bond donors (Lipinski definition) is 1. The Kier molecular flexibility index (Phi) is 4.37. The van der Waals surface area contributed by atoms with Gasteiger partial charge in [0.2, 0.25) is 0 Å². The first-order valence-electron chi connectivity index (χ1n) is 5.18. The van der Waals surface area contributed by atoms with Crippen molar-refractivity contribution in [3.05, 3.63) is 67.5 Å². The minimum Gasteiger partial charge on any atom is -0.384 e. The predicted octanol–water partition coefficient (Wildman–Crippen LogP) is 4.44. The van der Waals surface area contributed by atoms with Gasteiger partial charge in [0.25, 0.3) is 0 Å². The van der Waals surface area contributed by atoms with Gasteiger partial charge in [-0.05, 0) is 52.4 Å². The lowest BCUT2D eigenvalue weighted by Crippen LogP contribution is -2.07. The molecule has 1 nitrogen and oxygen atoms in total. The second-order valence-electron chi connectivity index (χ2n) is 3.83. The van der Waals surface area contributed by atoms with Crippen molar-refractivity contribution in [2.24, 2.45) is 0 Å². The fourth-order valence-electron chi connectivity index (χ4n) is 1.64. The van der Waals surface area contributed by atoms with E-state index >= 15 is 0 Å². The maximum Gasteiger partial charge on any atom is 0.194 e. The number of hydrogen-bond acceptors (Lipinski definition) is 1. The molecule has 19 heavy (non-hydrogen) atoms. The average Bonchev–Trinajstić information content (AvgIpc) is 2.38. The van der Waals surface area contributed by atoms with Gasteiger partial charge in [0, 0.05) is 14.2 Å². The SMILES string of the molecule is OC(c1cc(Cl)ccc1I)c1ccc(F)c(F)c1F. The van der Waals surface area contributed by atoms with Crippen molar-refractivity contribution in [2.75, 3.05) is 0 Å². The van der Waals surface area contributed by atoms with Crippen LogP contribution in [-0.2, 0) is 0 Å². The number of halogens is 5. The Morgan fingerprint density at radius 1 is 1.00 bits per heavy atom. The van der Waals surface area contributed by atoms with Gasteiger partial charge in [0.15, 0.2) is 17.5 Å². The van der Waals surface area contributed by atoms with Gasteiger partial charge in [-0.15, -0.1) is 0 Å². The maximum absolute atomic E-state index is 13.6. The van der Waals surface area contributed by atoms with Crippen LogP contribution in [0.4, 0.5) is 13.2 Å². The molecular weight excluding hydrogens is 391 g/mol. The largest absolute Gasteiger partial charge is 0.384 e. The van der Waals surface area contributed by atoms with Crippen LogP contribution < -0.4 is 0 Å². The highest BCUT2D eigenvalue weighted by molar-refractivity contribution is 14.1. The van der Waals surface area contributed by atoms with Crippen LogP contribution in [0.5, 0.6) is 0 Å². The Labute approximate surface area is 126 Å². The maximum atomic E-state index is 13.6. The van der Waals surface area contributed by atoms with Crippen LogP contribution in [0.2, 0.25) is 5.02 Å². The Morgan fingerprint density at radius 3 is 2.37 bits per heavy atom. The van der Waals surface area contributed by atoms with Crippen LogP contribution in [0.3, 0.4) is 0 Å². The smallest absolute Gasteiger partial charge is 0.194 e. The molecule has 0 heterocycles. The molecule has 0 spiro atoms. The first-order chi connectivity index (χ1) is 8.91. The molecule has 0 aliphatic rings. The summed E-state index contributed by atoms with van der Waals surface area (Å²) in [5.74, 6) is -4.30. The normalized spacial score (nSPS) is 12.5. The van der Waals surface area contributed by atoms with Crippen LogP contribution in [0.25, 0.3) is 0 Å². The summed E-state index contributed by atoms with van der Waals surface area (Å²) in [6.45, 7) is 0. The summed E-state index contributed by atoms with van der Waals surface area (Å²) in [7, 11) is 0. The highest BCUT2D eigenvalue weighted by Crippen LogP contribution is 2.31. The molecule has 100 valence electrons. The van der Waals surface area contributed by atoms with Gasteiger partial charge in [-0.1, -0.05) is 17.7 Å². The van der Waals surface area contributed by atoms with Gasteiger partial charge < -0.3 is 5.11 Å². The van der Waals surface area contributed by atoms with Gasteiger partial charge in [-0.2, -0.15) is 0 Å². The Balaban J connectivity index is 2.53. The van der Waals surface area contributed by atoms with Crippen LogP contribution in [0, 0.1) is 21.0 Å². The molecule has 0 saturated heterocycles. The van der Waals surface area contributed by atoms with Gasteiger partial charge >= 0.3 is 0 Å². The summed E-state index contributed by atoms with van der Waals surface area (Å²) in [4.78, 5) is 0.